The lowest BCUT2D eigenvalue weighted by molar-refractivity contribution is 0.179. The summed E-state index contributed by atoms with van der Waals surface area (Å²) < 4.78 is 20.2. The lowest BCUT2D eigenvalue weighted by atomic mass is 10.2. The average molecular weight is 423 g/mol. The molecule has 31 heavy (non-hydrogen) atoms. The van der Waals surface area contributed by atoms with Crippen molar-refractivity contribution in [3.63, 3.8) is 0 Å². The van der Waals surface area contributed by atoms with Crippen LogP contribution < -0.4 is 22.3 Å². The van der Waals surface area contributed by atoms with Crippen molar-refractivity contribution in [2.75, 3.05) is 23.6 Å². The number of rotatable bonds is 4. The fourth-order valence-corrected chi connectivity index (χ4v) is 3.11. The molecule has 0 aliphatic rings. The van der Waals surface area contributed by atoms with Gasteiger partial charge in [0.1, 0.15) is 17.2 Å². The maximum absolute atomic E-state index is 14.2. The van der Waals surface area contributed by atoms with Crippen molar-refractivity contribution < 1.29 is 13.9 Å². The van der Waals surface area contributed by atoms with E-state index >= 15 is 0 Å². The minimum absolute atomic E-state index is 0.0937. The van der Waals surface area contributed by atoms with Crippen molar-refractivity contribution in [2.24, 2.45) is 5.84 Å². The highest BCUT2D eigenvalue weighted by Crippen LogP contribution is 2.31. The molecule has 0 aliphatic heterocycles. The van der Waals surface area contributed by atoms with Crippen molar-refractivity contribution in [3.05, 3.63) is 54.0 Å². The number of anilines is 3. The lowest BCUT2D eigenvalue weighted by Crippen LogP contribution is -2.38. The highest BCUT2D eigenvalue weighted by molar-refractivity contribution is 5.95. The Balaban J connectivity index is 1.82. The Hall–Kier alpha value is -4.32. The van der Waals surface area contributed by atoms with Gasteiger partial charge in [-0.2, -0.15) is 5.10 Å². The Morgan fingerprint density at radius 1 is 1.16 bits per heavy atom. The number of fused-ring (bicyclic) bond motifs is 1. The molecule has 0 atom stereocenters. The number of nitrogens with zero attached hydrogens (tertiary/aromatic N) is 6. The molecule has 0 radical (unpaired) electrons. The van der Waals surface area contributed by atoms with Gasteiger partial charge < -0.3 is 16.2 Å². The lowest BCUT2D eigenvalue weighted by Gasteiger charge is -2.18. The van der Waals surface area contributed by atoms with E-state index in [9.17, 15) is 9.18 Å². The average Bonchev–Trinajstić information content (AvgIpc) is 3.12. The molecule has 0 saturated heterocycles. The van der Waals surface area contributed by atoms with Crippen LogP contribution in [-0.2, 0) is 11.3 Å². The van der Waals surface area contributed by atoms with E-state index in [4.69, 9.17) is 17.3 Å². The molecule has 3 heterocycles. The minimum atomic E-state index is -0.890. The molecule has 1 aromatic carbocycles. The molecule has 12 heteroatoms. The summed E-state index contributed by atoms with van der Waals surface area (Å²) >= 11 is 0. The summed E-state index contributed by atoms with van der Waals surface area (Å²) in [6, 6.07) is 9.88. The quantitative estimate of drug-likeness (QED) is 0.252. The summed E-state index contributed by atoms with van der Waals surface area (Å²) in [5, 5.41) is 5.75. The number of pyridine rings is 1. The summed E-state index contributed by atoms with van der Waals surface area (Å²) in [6.07, 6.45) is 0.708. The molecule has 6 N–H and O–H groups in total. The SMILES string of the molecule is COC(=O)N(N)c1c(N)nc(-c2nn(Cc3ccccc3F)c3ncccc23)nc1N. The first-order valence-electron chi connectivity index (χ1n) is 9.01. The van der Waals surface area contributed by atoms with Crippen molar-refractivity contribution >= 4 is 34.4 Å². The molecule has 0 fully saturated rings. The molecule has 4 aromatic rings. The first-order chi connectivity index (χ1) is 14.9. The molecule has 0 unspecified atom stereocenters. The number of hydrazine groups is 1. The van der Waals surface area contributed by atoms with Crippen LogP contribution >= 0.6 is 0 Å². The maximum atomic E-state index is 14.2. The van der Waals surface area contributed by atoms with Gasteiger partial charge in [0.2, 0.25) is 0 Å². The number of nitrogens with two attached hydrogens (primary N) is 3. The van der Waals surface area contributed by atoms with E-state index < -0.39 is 6.09 Å². The van der Waals surface area contributed by atoms with Crippen molar-refractivity contribution in [1.29, 1.82) is 0 Å². The second-order valence-electron chi connectivity index (χ2n) is 6.48. The second-order valence-corrected chi connectivity index (χ2v) is 6.48. The van der Waals surface area contributed by atoms with Gasteiger partial charge >= 0.3 is 6.09 Å². The number of carbonyl (C=O) groups excluding carboxylic acids is 1. The van der Waals surface area contributed by atoms with E-state index in [1.165, 1.54) is 10.7 Å². The van der Waals surface area contributed by atoms with Crippen molar-refractivity contribution in [1.82, 2.24) is 24.7 Å². The molecule has 3 aromatic heterocycles. The number of amides is 1. The largest absolute Gasteiger partial charge is 0.452 e. The van der Waals surface area contributed by atoms with E-state index in [1.54, 1.807) is 36.5 Å². The van der Waals surface area contributed by atoms with E-state index in [2.05, 4.69) is 24.8 Å². The van der Waals surface area contributed by atoms with Crippen LogP contribution in [0.1, 0.15) is 5.56 Å². The Kier molecular flexibility index (Phi) is 5.05. The Morgan fingerprint density at radius 3 is 2.55 bits per heavy atom. The normalized spacial score (nSPS) is 10.9. The van der Waals surface area contributed by atoms with Gasteiger partial charge in [0, 0.05) is 11.8 Å². The Bertz CT molecular complexity index is 1270. The summed E-state index contributed by atoms with van der Waals surface area (Å²) in [7, 11) is 1.16. The number of benzene rings is 1. The van der Waals surface area contributed by atoms with E-state index in [0.717, 1.165) is 7.11 Å². The van der Waals surface area contributed by atoms with Crippen LogP contribution in [0.25, 0.3) is 22.6 Å². The molecular weight excluding hydrogens is 405 g/mol. The molecular formula is C19H18FN9O2. The monoisotopic (exact) mass is 423 g/mol. The number of hydrogen-bond donors (Lipinski definition) is 3. The fraction of sp³-hybridized carbons (Fsp3) is 0.105. The first-order valence-corrected chi connectivity index (χ1v) is 9.01. The zero-order valence-electron chi connectivity index (χ0n) is 16.4. The minimum Gasteiger partial charge on any atom is -0.452 e. The molecule has 0 saturated carbocycles. The predicted octanol–water partition coefficient (Wildman–Crippen LogP) is 1.69. The highest BCUT2D eigenvalue weighted by Gasteiger charge is 2.23. The third kappa shape index (κ3) is 3.55. The van der Waals surface area contributed by atoms with Gasteiger partial charge in [-0.3, -0.25) is 0 Å². The predicted molar refractivity (Wildman–Crippen MR) is 112 cm³/mol. The summed E-state index contributed by atoms with van der Waals surface area (Å²) in [4.78, 5) is 24.5. The van der Waals surface area contributed by atoms with Gasteiger partial charge in [-0.05, 0) is 18.2 Å². The number of nitrogen functional groups attached to an aromatic ring is 2. The number of aromatic nitrogens is 5. The van der Waals surface area contributed by atoms with Gasteiger partial charge in [0.25, 0.3) is 0 Å². The fourth-order valence-electron chi connectivity index (χ4n) is 3.11. The topological polar surface area (TPSA) is 164 Å². The molecule has 0 spiro atoms. The Labute approximate surface area is 175 Å². The number of ether oxygens (including phenoxy) is 1. The van der Waals surface area contributed by atoms with Crippen LogP contribution in [0.3, 0.4) is 0 Å². The third-order valence-corrected chi connectivity index (χ3v) is 4.55. The van der Waals surface area contributed by atoms with Gasteiger partial charge in [-0.1, -0.05) is 18.2 Å². The third-order valence-electron chi connectivity index (χ3n) is 4.55. The second kappa shape index (κ2) is 7.84. The van der Waals surface area contributed by atoms with Gasteiger partial charge in [0.15, 0.2) is 23.1 Å². The molecule has 158 valence electrons. The number of halogens is 1. The van der Waals surface area contributed by atoms with Crippen LogP contribution in [0.5, 0.6) is 0 Å². The van der Waals surface area contributed by atoms with Crippen LogP contribution in [0, 0.1) is 5.82 Å². The maximum Gasteiger partial charge on any atom is 0.428 e. The number of hydrogen-bond acceptors (Lipinski definition) is 9. The highest BCUT2D eigenvalue weighted by atomic mass is 19.1. The van der Waals surface area contributed by atoms with Crippen molar-refractivity contribution in [3.8, 4) is 11.5 Å². The first kappa shape index (κ1) is 20.0. The molecule has 0 bridgehead atoms. The number of methoxy groups -OCH3 is 1. The van der Waals surface area contributed by atoms with Crippen LogP contribution in [0.15, 0.2) is 42.6 Å². The van der Waals surface area contributed by atoms with E-state index in [-0.39, 0.29) is 35.5 Å². The van der Waals surface area contributed by atoms with Gasteiger partial charge in [0.05, 0.1) is 19.0 Å². The molecule has 4 rings (SSSR count). The van der Waals surface area contributed by atoms with Gasteiger partial charge in [-0.25, -0.2) is 39.7 Å². The molecule has 11 nitrogen and oxygen atoms in total. The van der Waals surface area contributed by atoms with Crippen LogP contribution in [0.4, 0.5) is 26.5 Å². The zero-order chi connectivity index (χ0) is 22.1. The standard InChI is InChI=1S/C19H18FN9O2/c1-31-19(30)29(23)14-15(21)25-17(26-16(14)22)13-11-6-4-8-24-18(11)28(27-13)9-10-5-2-3-7-12(10)20/h2-8H,9,23H2,1H3,(H4,21,22,25,26). The van der Waals surface area contributed by atoms with Crippen molar-refractivity contribution in [2.45, 2.75) is 6.54 Å². The molecule has 1 amide bonds. The van der Waals surface area contributed by atoms with E-state index in [0.29, 0.717) is 27.3 Å². The summed E-state index contributed by atoms with van der Waals surface area (Å²) in [5.41, 5.74) is 13.2. The molecule has 0 aliphatic carbocycles. The zero-order valence-corrected chi connectivity index (χ0v) is 16.4. The smallest absolute Gasteiger partial charge is 0.428 e. The summed E-state index contributed by atoms with van der Waals surface area (Å²) in [6.45, 7) is 0.141. The summed E-state index contributed by atoms with van der Waals surface area (Å²) in [5.74, 6) is 5.14. The number of carbonyl (C=O) groups is 1. The van der Waals surface area contributed by atoms with Crippen LogP contribution in [-0.4, -0.2) is 37.9 Å². The van der Waals surface area contributed by atoms with Gasteiger partial charge in [-0.15, -0.1) is 0 Å². The van der Waals surface area contributed by atoms with Crippen LogP contribution in [0.2, 0.25) is 0 Å². The Morgan fingerprint density at radius 2 is 1.87 bits per heavy atom. The van der Waals surface area contributed by atoms with E-state index in [1.807, 2.05) is 0 Å².